The predicted molar refractivity (Wildman–Crippen MR) is 45.7 cm³/mol. The van der Waals surface area contributed by atoms with Gasteiger partial charge >= 0.3 is 5.97 Å². The van der Waals surface area contributed by atoms with Gasteiger partial charge in [-0.3, -0.25) is 4.79 Å². The summed E-state index contributed by atoms with van der Waals surface area (Å²) in [6, 6.07) is 0. The van der Waals surface area contributed by atoms with E-state index in [-0.39, 0.29) is 5.92 Å². The Kier molecular flexibility index (Phi) is 2.44. The molecule has 2 unspecified atom stereocenters. The molecule has 64 valence electrons. The van der Waals surface area contributed by atoms with Crippen LogP contribution in [0.25, 0.3) is 0 Å². The molecule has 1 fully saturated rings. The van der Waals surface area contributed by atoms with Crippen LogP contribution < -0.4 is 5.73 Å². The number of rotatable bonds is 1. The van der Waals surface area contributed by atoms with E-state index in [9.17, 15) is 4.79 Å². The highest BCUT2D eigenvalue weighted by Gasteiger charge is 2.41. The van der Waals surface area contributed by atoms with Crippen LogP contribution in [0, 0.1) is 5.92 Å². The molecular formula is C7H13NO2S. The summed E-state index contributed by atoms with van der Waals surface area (Å²) in [5.74, 6) is 0.958. The maximum atomic E-state index is 10.8. The highest BCUT2D eigenvalue weighted by atomic mass is 32.2. The van der Waals surface area contributed by atoms with Gasteiger partial charge < -0.3 is 10.8 Å². The molecule has 11 heavy (non-hydrogen) atoms. The first kappa shape index (κ1) is 8.87. The van der Waals surface area contributed by atoms with E-state index in [2.05, 4.69) is 0 Å². The molecule has 0 aliphatic carbocycles. The van der Waals surface area contributed by atoms with Gasteiger partial charge in [-0.25, -0.2) is 0 Å². The molecule has 1 aliphatic rings. The van der Waals surface area contributed by atoms with Crippen LogP contribution in [0.15, 0.2) is 0 Å². The van der Waals surface area contributed by atoms with Crippen LogP contribution in [0.2, 0.25) is 0 Å². The maximum Gasteiger partial charge on any atom is 0.324 e. The second-order valence-corrected chi connectivity index (χ2v) is 4.22. The van der Waals surface area contributed by atoms with Crippen molar-refractivity contribution in [2.45, 2.75) is 18.9 Å². The molecule has 0 aromatic rings. The summed E-state index contributed by atoms with van der Waals surface area (Å²) in [5.41, 5.74) is 4.77. The van der Waals surface area contributed by atoms with Crippen LogP contribution >= 0.6 is 11.8 Å². The van der Waals surface area contributed by atoms with E-state index < -0.39 is 11.5 Å². The molecule has 1 saturated heterocycles. The Morgan fingerprint density at radius 2 is 2.45 bits per heavy atom. The van der Waals surface area contributed by atoms with Gasteiger partial charge in [0, 0.05) is 0 Å². The van der Waals surface area contributed by atoms with Crippen LogP contribution in [0.1, 0.15) is 13.3 Å². The average Bonchev–Trinajstić information content (AvgIpc) is 1.95. The van der Waals surface area contributed by atoms with Gasteiger partial charge in [-0.05, 0) is 23.8 Å². The Morgan fingerprint density at radius 1 is 1.82 bits per heavy atom. The lowest BCUT2D eigenvalue weighted by molar-refractivity contribution is -0.145. The summed E-state index contributed by atoms with van der Waals surface area (Å²) in [5, 5.41) is 8.83. The van der Waals surface area contributed by atoms with E-state index in [4.69, 9.17) is 10.8 Å². The van der Waals surface area contributed by atoms with Crippen LogP contribution in [0.5, 0.6) is 0 Å². The highest BCUT2D eigenvalue weighted by molar-refractivity contribution is 7.99. The number of hydrogen-bond acceptors (Lipinski definition) is 3. The van der Waals surface area contributed by atoms with Crippen molar-refractivity contribution in [3.8, 4) is 0 Å². The van der Waals surface area contributed by atoms with E-state index in [1.807, 2.05) is 6.92 Å². The Labute approximate surface area is 70.3 Å². The summed E-state index contributed by atoms with van der Waals surface area (Å²) in [7, 11) is 0. The number of nitrogens with two attached hydrogens (primary N) is 1. The normalized spacial score (nSPS) is 38.5. The van der Waals surface area contributed by atoms with Crippen molar-refractivity contribution in [1.29, 1.82) is 0 Å². The standard InChI is InChI=1S/C7H13NO2S/c1-5-4-11-3-2-7(5,8)6(9)10/h5H,2-4,8H2,1H3,(H,9,10). The number of hydrogen-bond donors (Lipinski definition) is 2. The van der Waals surface area contributed by atoms with Gasteiger partial charge in [0.2, 0.25) is 0 Å². The first-order valence-electron chi connectivity index (χ1n) is 3.67. The number of carboxylic acid groups (broad SMARTS) is 1. The zero-order chi connectivity index (χ0) is 8.48. The quantitative estimate of drug-likeness (QED) is 0.610. The van der Waals surface area contributed by atoms with Crippen molar-refractivity contribution in [2.24, 2.45) is 11.7 Å². The molecule has 1 rings (SSSR count). The first-order valence-corrected chi connectivity index (χ1v) is 4.83. The Hall–Kier alpha value is -0.220. The lowest BCUT2D eigenvalue weighted by Crippen LogP contribution is -2.56. The minimum absolute atomic E-state index is 0.0822. The second-order valence-electron chi connectivity index (χ2n) is 3.07. The van der Waals surface area contributed by atoms with Gasteiger partial charge in [-0.15, -0.1) is 0 Å². The molecule has 0 amide bonds. The summed E-state index contributed by atoms with van der Waals surface area (Å²) < 4.78 is 0. The van der Waals surface area contributed by atoms with Crippen LogP contribution in [-0.2, 0) is 4.79 Å². The molecule has 0 saturated carbocycles. The van der Waals surface area contributed by atoms with E-state index >= 15 is 0 Å². The van der Waals surface area contributed by atoms with Gasteiger partial charge in [0.1, 0.15) is 5.54 Å². The predicted octanol–water partition coefficient (Wildman–Crippen LogP) is 0.542. The third-order valence-electron chi connectivity index (χ3n) is 2.31. The van der Waals surface area contributed by atoms with Crippen molar-refractivity contribution in [2.75, 3.05) is 11.5 Å². The Balaban J connectivity index is 2.72. The second kappa shape index (κ2) is 3.03. The van der Waals surface area contributed by atoms with Crippen molar-refractivity contribution >= 4 is 17.7 Å². The number of carbonyl (C=O) groups is 1. The molecule has 1 aliphatic heterocycles. The minimum atomic E-state index is -0.967. The molecule has 0 spiro atoms. The first-order chi connectivity index (χ1) is 5.07. The third kappa shape index (κ3) is 1.51. The molecule has 4 heteroatoms. The van der Waals surface area contributed by atoms with Gasteiger partial charge in [-0.2, -0.15) is 11.8 Å². The molecule has 3 N–H and O–H groups in total. The zero-order valence-electron chi connectivity index (χ0n) is 6.54. The van der Waals surface area contributed by atoms with Gasteiger partial charge in [0.05, 0.1) is 0 Å². The van der Waals surface area contributed by atoms with Crippen molar-refractivity contribution in [3.05, 3.63) is 0 Å². The molecule has 0 bridgehead atoms. The third-order valence-corrected chi connectivity index (χ3v) is 3.53. The zero-order valence-corrected chi connectivity index (χ0v) is 7.36. The molecule has 0 radical (unpaired) electrons. The molecule has 0 aromatic heterocycles. The van der Waals surface area contributed by atoms with Gasteiger partial charge in [0.25, 0.3) is 0 Å². The van der Waals surface area contributed by atoms with Crippen molar-refractivity contribution < 1.29 is 9.90 Å². The van der Waals surface area contributed by atoms with Crippen molar-refractivity contribution in [1.82, 2.24) is 0 Å². The fraction of sp³-hybridized carbons (Fsp3) is 0.857. The van der Waals surface area contributed by atoms with E-state index in [1.165, 1.54) is 0 Å². The average molecular weight is 175 g/mol. The maximum absolute atomic E-state index is 10.8. The fourth-order valence-corrected chi connectivity index (χ4v) is 2.51. The van der Waals surface area contributed by atoms with E-state index in [0.29, 0.717) is 6.42 Å². The highest BCUT2D eigenvalue weighted by Crippen LogP contribution is 2.30. The van der Waals surface area contributed by atoms with Gasteiger partial charge in [0.15, 0.2) is 0 Å². The minimum Gasteiger partial charge on any atom is -0.480 e. The number of aliphatic carboxylic acids is 1. The Bertz CT molecular complexity index is 174. The molecule has 2 atom stereocenters. The molecule has 1 heterocycles. The van der Waals surface area contributed by atoms with Crippen LogP contribution in [0.4, 0.5) is 0 Å². The van der Waals surface area contributed by atoms with Crippen LogP contribution in [0.3, 0.4) is 0 Å². The monoisotopic (exact) mass is 175 g/mol. The fourth-order valence-electron chi connectivity index (χ4n) is 1.21. The molecular weight excluding hydrogens is 162 g/mol. The topological polar surface area (TPSA) is 63.3 Å². The molecule has 0 aromatic carbocycles. The number of thioether (sulfide) groups is 1. The summed E-state index contributed by atoms with van der Waals surface area (Å²) >= 11 is 1.78. The number of carboxylic acids is 1. The van der Waals surface area contributed by atoms with E-state index in [1.54, 1.807) is 11.8 Å². The summed E-state index contributed by atoms with van der Waals surface area (Å²) in [6.07, 6.45) is 0.591. The lowest BCUT2D eigenvalue weighted by atomic mass is 9.84. The summed E-state index contributed by atoms with van der Waals surface area (Å²) in [4.78, 5) is 10.8. The lowest BCUT2D eigenvalue weighted by Gasteiger charge is -2.34. The smallest absolute Gasteiger partial charge is 0.324 e. The van der Waals surface area contributed by atoms with Crippen LogP contribution in [-0.4, -0.2) is 28.1 Å². The van der Waals surface area contributed by atoms with Crippen molar-refractivity contribution in [3.63, 3.8) is 0 Å². The SMILES string of the molecule is CC1CSCCC1(N)C(=O)O. The largest absolute Gasteiger partial charge is 0.480 e. The molecule has 3 nitrogen and oxygen atoms in total. The van der Waals surface area contributed by atoms with E-state index in [0.717, 1.165) is 11.5 Å². The summed E-state index contributed by atoms with van der Waals surface area (Å²) in [6.45, 7) is 1.90. The van der Waals surface area contributed by atoms with Gasteiger partial charge in [-0.1, -0.05) is 6.92 Å². The Morgan fingerprint density at radius 3 is 2.82 bits per heavy atom.